The zero-order valence-corrected chi connectivity index (χ0v) is 13.4. The molecule has 0 spiro atoms. The van der Waals surface area contributed by atoms with Crippen LogP contribution in [0.25, 0.3) is 0 Å². The third-order valence-electron chi connectivity index (χ3n) is 3.99. The van der Waals surface area contributed by atoms with Crippen LogP contribution in [0.3, 0.4) is 0 Å². The monoisotopic (exact) mass is 327 g/mol. The van der Waals surface area contributed by atoms with Gasteiger partial charge in [0.15, 0.2) is 0 Å². The van der Waals surface area contributed by atoms with Gasteiger partial charge in [-0.2, -0.15) is 0 Å². The summed E-state index contributed by atoms with van der Waals surface area (Å²) in [7, 11) is 0. The average molecular weight is 327 g/mol. The van der Waals surface area contributed by atoms with Crippen molar-refractivity contribution >= 4 is 11.7 Å². The summed E-state index contributed by atoms with van der Waals surface area (Å²) >= 11 is 0. The lowest BCUT2D eigenvalue weighted by molar-refractivity contribution is -0.158. The summed E-state index contributed by atoms with van der Waals surface area (Å²) in [5.74, 6) is -0.243. The van der Waals surface area contributed by atoms with Crippen molar-refractivity contribution in [1.82, 2.24) is 0 Å². The van der Waals surface area contributed by atoms with Gasteiger partial charge in [-0.3, -0.25) is 0 Å². The van der Waals surface area contributed by atoms with E-state index in [4.69, 9.17) is 9.47 Å². The molecule has 0 saturated carbocycles. The molecule has 24 heavy (non-hydrogen) atoms. The lowest BCUT2D eigenvalue weighted by Gasteiger charge is -2.29. The van der Waals surface area contributed by atoms with Gasteiger partial charge in [0.2, 0.25) is 0 Å². The summed E-state index contributed by atoms with van der Waals surface area (Å²) < 4.78 is 10.9. The Morgan fingerprint density at radius 2 is 1.46 bits per heavy atom. The van der Waals surface area contributed by atoms with Crippen LogP contribution in [0, 0.1) is 0 Å². The Morgan fingerprint density at radius 3 is 2.04 bits per heavy atom. The zero-order valence-electron chi connectivity index (χ0n) is 13.4. The van der Waals surface area contributed by atoms with Crippen molar-refractivity contribution in [3.8, 4) is 11.5 Å². The van der Waals surface area contributed by atoms with E-state index in [0.717, 1.165) is 18.8 Å². The molecule has 2 aromatic carbocycles. The van der Waals surface area contributed by atoms with E-state index >= 15 is 0 Å². The molecule has 5 nitrogen and oxygen atoms in total. The Labute approximate surface area is 141 Å². The topological polar surface area (TPSA) is 59.0 Å². The number of rotatable bonds is 6. The Hall–Kier alpha value is -2.69. The largest absolute Gasteiger partial charge is 0.476 e. The van der Waals surface area contributed by atoms with Gasteiger partial charge < -0.3 is 19.5 Å². The highest BCUT2D eigenvalue weighted by Gasteiger charge is 2.21. The van der Waals surface area contributed by atoms with Crippen molar-refractivity contribution in [3.63, 3.8) is 0 Å². The summed E-state index contributed by atoms with van der Waals surface area (Å²) in [4.78, 5) is 13.7. The molecular weight excluding hydrogens is 306 g/mol. The second-order valence-electron chi connectivity index (χ2n) is 5.76. The van der Waals surface area contributed by atoms with E-state index in [0.29, 0.717) is 11.5 Å². The van der Waals surface area contributed by atoms with Crippen molar-refractivity contribution in [2.45, 2.75) is 25.6 Å². The molecule has 0 aliphatic carbocycles. The lowest BCUT2D eigenvalue weighted by atomic mass is 10.1. The molecule has 1 heterocycles. The minimum atomic E-state index is -1.38. The molecule has 1 saturated heterocycles. The van der Waals surface area contributed by atoms with E-state index in [1.807, 2.05) is 18.2 Å². The highest BCUT2D eigenvalue weighted by Crippen LogP contribution is 2.24. The van der Waals surface area contributed by atoms with Crippen LogP contribution >= 0.6 is 0 Å². The Balaban J connectivity index is 1.65. The van der Waals surface area contributed by atoms with Gasteiger partial charge >= 0.3 is 12.3 Å². The van der Waals surface area contributed by atoms with E-state index in [1.165, 1.54) is 19.3 Å². The Bertz CT molecular complexity index is 651. The Kier molecular flexibility index (Phi) is 5.21. The van der Waals surface area contributed by atoms with E-state index in [9.17, 15) is 9.90 Å². The van der Waals surface area contributed by atoms with Crippen LogP contribution in [0.4, 0.5) is 5.69 Å². The number of carbonyl (C=O) groups is 1. The third-order valence-corrected chi connectivity index (χ3v) is 3.99. The van der Waals surface area contributed by atoms with Gasteiger partial charge in [0, 0.05) is 18.8 Å². The summed E-state index contributed by atoms with van der Waals surface area (Å²) in [5, 5.41) is 9.30. The van der Waals surface area contributed by atoms with Gasteiger partial charge in [-0.1, -0.05) is 18.2 Å². The number of carboxylic acids is 1. The fraction of sp³-hybridized carbons (Fsp3) is 0.316. The normalized spacial score (nSPS) is 15.6. The first-order chi connectivity index (χ1) is 11.7. The molecule has 3 rings (SSSR count). The number of nitrogens with zero attached hydrogens (tertiary/aromatic N) is 1. The average Bonchev–Trinajstić information content (AvgIpc) is 2.63. The number of anilines is 1. The molecular formula is C19H21NO4. The number of hydrogen-bond donors (Lipinski definition) is 1. The predicted molar refractivity (Wildman–Crippen MR) is 91.6 cm³/mol. The van der Waals surface area contributed by atoms with Crippen LogP contribution in [-0.2, 0) is 4.79 Å². The summed E-state index contributed by atoms with van der Waals surface area (Å²) in [6.07, 6.45) is 2.33. The number of hydrogen-bond acceptors (Lipinski definition) is 4. The molecule has 1 fully saturated rings. The second kappa shape index (κ2) is 7.73. The molecule has 1 N–H and O–H groups in total. The van der Waals surface area contributed by atoms with Gasteiger partial charge in [0.1, 0.15) is 11.5 Å². The molecule has 2 aromatic rings. The fourth-order valence-corrected chi connectivity index (χ4v) is 2.76. The predicted octanol–water partition coefficient (Wildman–Crippen LogP) is 3.55. The summed E-state index contributed by atoms with van der Waals surface area (Å²) in [5.41, 5.74) is 1.14. The van der Waals surface area contributed by atoms with E-state index in [-0.39, 0.29) is 0 Å². The molecule has 0 bridgehead atoms. The van der Waals surface area contributed by atoms with Crippen molar-refractivity contribution < 1.29 is 19.4 Å². The van der Waals surface area contributed by atoms with E-state index < -0.39 is 12.3 Å². The first-order valence-corrected chi connectivity index (χ1v) is 8.18. The molecule has 0 radical (unpaired) electrons. The SMILES string of the molecule is O=C(O)C(Oc1ccccc1)Oc1ccc(N2CCCCC2)cc1. The van der Waals surface area contributed by atoms with Gasteiger partial charge in [0.25, 0.3) is 0 Å². The van der Waals surface area contributed by atoms with Crippen LogP contribution < -0.4 is 14.4 Å². The highest BCUT2D eigenvalue weighted by atomic mass is 16.7. The minimum absolute atomic E-state index is 0.454. The third kappa shape index (κ3) is 4.19. The quantitative estimate of drug-likeness (QED) is 0.822. The van der Waals surface area contributed by atoms with Crippen molar-refractivity contribution in [2.75, 3.05) is 18.0 Å². The van der Waals surface area contributed by atoms with Crippen molar-refractivity contribution in [3.05, 3.63) is 54.6 Å². The summed E-state index contributed by atoms with van der Waals surface area (Å²) in [6.45, 7) is 2.13. The van der Waals surface area contributed by atoms with Gasteiger partial charge in [-0.05, 0) is 55.7 Å². The smallest absolute Gasteiger partial charge is 0.387 e. The highest BCUT2D eigenvalue weighted by molar-refractivity contribution is 5.71. The summed E-state index contributed by atoms with van der Waals surface area (Å²) in [6, 6.07) is 16.3. The number of benzene rings is 2. The molecule has 126 valence electrons. The molecule has 1 atom stereocenters. The van der Waals surface area contributed by atoms with Crippen LogP contribution in [0.5, 0.6) is 11.5 Å². The first kappa shape index (κ1) is 16.2. The van der Waals surface area contributed by atoms with Gasteiger partial charge in [-0.25, -0.2) is 4.79 Å². The molecule has 1 unspecified atom stereocenters. The minimum Gasteiger partial charge on any atom is -0.476 e. The maximum atomic E-state index is 11.4. The number of piperidine rings is 1. The zero-order chi connectivity index (χ0) is 16.8. The van der Waals surface area contributed by atoms with Gasteiger partial charge in [0.05, 0.1) is 0 Å². The molecule has 1 aliphatic heterocycles. The van der Waals surface area contributed by atoms with E-state index in [2.05, 4.69) is 4.90 Å². The van der Waals surface area contributed by atoms with Crippen LogP contribution in [0.2, 0.25) is 0 Å². The number of para-hydroxylation sites is 1. The maximum absolute atomic E-state index is 11.4. The number of aliphatic carboxylic acids is 1. The standard InChI is InChI=1S/C19H21NO4/c21-18(22)19(23-16-7-3-1-4-8-16)24-17-11-9-15(10-12-17)20-13-5-2-6-14-20/h1,3-4,7-12,19H,2,5-6,13-14H2,(H,21,22). The van der Waals surface area contributed by atoms with Gasteiger partial charge in [-0.15, -0.1) is 0 Å². The number of carboxylic acid groups (broad SMARTS) is 1. The molecule has 1 aliphatic rings. The van der Waals surface area contributed by atoms with Crippen molar-refractivity contribution in [2.24, 2.45) is 0 Å². The number of ether oxygens (including phenoxy) is 2. The molecule has 0 aromatic heterocycles. The maximum Gasteiger partial charge on any atom is 0.387 e. The fourth-order valence-electron chi connectivity index (χ4n) is 2.76. The Morgan fingerprint density at radius 1 is 0.875 bits per heavy atom. The van der Waals surface area contributed by atoms with Crippen LogP contribution in [0.1, 0.15) is 19.3 Å². The van der Waals surface area contributed by atoms with E-state index in [1.54, 1.807) is 36.4 Å². The van der Waals surface area contributed by atoms with Crippen LogP contribution in [0.15, 0.2) is 54.6 Å². The second-order valence-corrected chi connectivity index (χ2v) is 5.76. The van der Waals surface area contributed by atoms with Crippen molar-refractivity contribution in [1.29, 1.82) is 0 Å². The molecule has 0 amide bonds. The first-order valence-electron chi connectivity index (χ1n) is 8.18. The van der Waals surface area contributed by atoms with Crippen LogP contribution in [-0.4, -0.2) is 30.5 Å². The molecule has 5 heteroatoms. The lowest BCUT2D eigenvalue weighted by Crippen LogP contribution is -2.33.